The molecule has 1 aliphatic carbocycles. The summed E-state index contributed by atoms with van der Waals surface area (Å²) in [6, 6.07) is 14.3. The molecule has 166 valence electrons. The Kier molecular flexibility index (Phi) is 6.74. The first-order valence-corrected chi connectivity index (χ1v) is 12.5. The summed E-state index contributed by atoms with van der Waals surface area (Å²) in [6.07, 6.45) is 3.70. The van der Waals surface area contributed by atoms with Gasteiger partial charge >= 0.3 is 0 Å². The number of aryl methyl sites for hydroxylation is 1. The summed E-state index contributed by atoms with van der Waals surface area (Å²) in [4.78, 5) is 14.6. The molecule has 2 fully saturated rings. The Bertz CT molecular complexity index is 1020. The quantitative estimate of drug-likeness (QED) is 0.451. The van der Waals surface area contributed by atoms with E-state index in [4.69, 9.17) is 4.74 Å². The third-order valence-corrected chi connectivity index (χ3v) is 7.39. The van der Waals surface area contributed by atoms with Crippen molar-refractivity contribution in [3.8, 4) is 5.75 Å². The summed E-state index contributed by atoms with van der Waals surface area (Å²) in [5.74, 6) is 1.25. The number of carbonyl (C=O) groups is 1. The van der Waals surface area contributed by atoms with Gasteiger partial charge in [-0.1, -0.05) is 12.1 Å². The summed E-state index contributed by atoms with van der Waals surface area (Å²) in [5.41, 5.74) is 1.70. The van der Waals surface area contributed by atoms with Gasteiger partial charge in [0.15, 0.2) is 5.78 Å². The maximum Gasteiger partial charge on any atom is 0.240 e. The van der Waals surface area contributed by atoms with Gasteiger partial charge in [-0.15, -0.1) is 0 Å². The number of benzene rings is 2. The molecular formula is C24H30N2O4S. The lowest BCUT2D eigenvalue weighted by molar-refractivity contribution is 0.0967. The van der Waals surface area contributed by atoms with Crippen molar-refractivity contribution in [1.82, 2.24) is 9.62 Å². The molecule has 2 aromatic carbocycles. The van der Waals surface area contributed by atoms with Gasteiger partial charge in [0.2, 0.25) is 10.0 Å². The van der Waals surface area contributed by atoms with Crippen LogP contribution in [0.3, 0.4) is 0 Å². The second-order valence-electron chi connectivity index (χ2n) is 8.59. The van der Waals surface area contributed by atoms with Crippen LogP contribution in [0.25, 0.3) is 0 Å². The molecule has 0 bridgehead atoms. The number of likely N-dealkylation sites (tertiary alicyclic amines) is 1. The zero-order valence-electron chi connectivity index (χ0n) is 17.9. The molecule has 1 N–H and O–H groups in total. The van der Waals surface area contributed by atoms with Crippen molar-refractivity contribution in [3.63, 3.8) is 0 Å². The highest BCUT2D eigenvalue weighted by molar-refractivity contribution is 7.89. The van der Waals surface area contributed by atoms with Gasteiger partial charge in [0.1, 0.15) is 5.75 Å². The van der Waals surface area contributed by atoms with Crippen molar-refractivity contribution in [2.45, 2.75) is 43.5 Å². The van der Waals surface area contributed by atoms with Crippen molar-refractivity contribution in [2.24, 2.45) is 5.92 Å². The summed E-state index contributed by atoms with van der Waals surface area (Å²) in [7, 11) is -3.49. The van der Waals surface area contributed by atoms with Gasteiger partial charge < -0.3 is 9.64 Å². The van der Waals surface area contributed by atoms with Gasteiger partial charge in [-0.3, -0.25) is 4.79 Å². The van der Waals surface area contributed by atoms with Crippen LogP contribution in [0.15, 0.2) is 53.4 Å². The number of rotatable bonds is 10. The number of nitrogens with zero attached hydrogens (tertiary/aromatic N) is 1. The SMILES string of the molecule is Cc1cccc(S(=O)(=O)N[C@@H]2CCN(CCCOc3ccc(C(=O)C4CC4)cc3)C2)c1. The van der Waals surface area contributed by atoms with E-state index in [9.17, 15) is 13.2 Å². The fourth-order valence-electron chi connectivity index (χ4n) is 3.98. The monoisotopic (exact) mass is 442 g/mol. The Hall–Kier alpha value is -2.22. The molecule has 0 unspecified atom stereocenters. The fourth-order valence-corrected chi connectivity index (χ4v) is 5.34. The number of ether oxygens (including phenoxy) is 1. The third kappa shape index (κ3) is 5.93. The number of hydrogen-bond donors (Lipinski definition) is 1. The Morgan fingerprint density at radius 3 is 2.61 bits per heavy atom. The molecule has 0 amide bonds. The molecule has 31 heavy (non-hydrogen) atoms. The van der Waals surface area contributed by atoms with E-state index in [-0.39, 0.29) is 17.7 Å². The zero-order chi connectivity index (χ0) is 21.8. The molecule has 6 nitrogen and oxygen atoms in total. The van der Waals surface area contributed by atoms with Gasteiger partial charge in [0, 0.05) is 30.6 Å². The van der Waals surface area contributed by atoms with E-state index in [1.807, 2.05) is 37.3 Å². The first-order chi connectivity index (χ1) is 14.9. The summed E-state index contributed by atoms with van der Waals surface area (Å²) < 4.78 is 33.8. The number of hydrogen-bond acceptors (Lipinski definition) is 5. The van der Waals surface area contributed by atoms with E-state index in [1.54, 1.807) is 18.2 Å². The lowest BCUT2D eigenvalue weighted by Crippen LogP contribution is -2.37. The Morgan fingerprint density at radius 2 is 1.90 bits per heavy atom. The van der Waals surface area contributed by atoms with Gasteiger partial charge in [0.05, 0.1) is 11.5 Å². The normalized spacial score (nSPS) is 19.5. The predicted octanol–water partition coefficient (Wildman–Crippen LogP) is 3.41. The molecule has 2 aromatic rings. The molecule has 1 atom stereocenters. The lowest BCUT2D eigenvalue weighted by atomic mass is 10.1. The molecule has 1 saturated heterocycles. The van der Waals surface area contributed by atoms with Gasteiger partial charge in [-0.2, -0.15) is 0 Å². The van der Waals surface area contributed by atoms with E-state index in [0.717, 1.165) is 55.6 Å². The van der Waals surface area contributed by atoms with E-state index in [1.165, 1.54) is 0 Å². The van der Waals surface area contributed by atoms with Crippen molar-refractivity contribution in [1.29, 1.82) is 0 Å². The molecular weight excluding hydrogens is 412 g/mol. The molecule has 4 rings (SSSR count). The second kappa shape index (κ2) is 9.51. The van der Waals surface area contributed by atoms with Crippen LogP contribution >= 0.6 is 0 Å². The highest BCUT2D eigenvalue weighted by atomic mass is 32.2. The predicted molar refractivity (Wildman–Crippen MR) is 120 cm³/mol. The topological polar surface area (TPSA) is 75.7 Å². The molecule has 1 heterocycles. The summed E-state index contributed by atoms with van der Waals surface area (Å²) in [6.45, 7) is 4.93. The smallest absolute Gasteiger partial charge is 0.240 e. The van der Waals surface area contributed by atoms with Crippen LogP contribution in [0.1, 0.15) is 41.6 Å². The third-order valence-electron chi connectivity index (χ3n) is 5.87. The molecule has 1 aliphatic heterocycles. The van der Waals surface area contributed by atoms with E-state index < -0.39 is 10.0 Å². The summed E-state index contributed by atoms with van der Waals surface area (Å²) in [5, 5.41) is 0. The first kappa shape index (κ1) is 22.0. The van der Waals surface area contributed by atoms with Crippen LogP contribution in [0.4, 0.5) is 0 Å². The van der Waals surface area contributed by atoms with Crippen LogP contribution in [0.2, 0.25) is 0 Å². The van der Waals surface area contributed by atoms with Crippen molar-refractivity contribution in [2.75, 3.05) is 26.2 Å². The highest BCUT2D eigenvalue weighted by Crippen LogP contribution is 2.32. The average molecular weight is 443 g/mol. The van der Waals surface area contributed by atoms with E-state index in [2.05, 4.69) is 9.62 Å². The lowest BCUT2D eigenvalue weighted by Gasteiger charge is -2.17. The second-order valence-corrected chi connectivity index (χ2v) is 10.3. The Morgan fingerprint density at radius 1 is 1.13 bits per heavy atom. The minimum Gasteiger partial charge on any atom is -0.494 e. The van der Waals surface area contributed by atoms with Crippen molar-refractivity contribution >= 4 is 15.8 Å². The molecule has 7 heteroatoms. The van der Waals surface area contributed by atoms with Crippen molar-refractivity contribution < 1.29 is 17.9 Å². The number of Topliss-reactive ketones (excluding diaryl/α,β-unsaturated/α-hetero) is 1. The maximum absolute atomic E-state index is 12.6. The van der Waals surface area contributed by atoms with E-state index >= 15 is 0 Å². The molecule has 0 radical (unpaired) electrons. The Balaban J connectivity index is 1.17. The number of sulfonamides is 1. The van der Waals surface area contributed by atoms with Crippen LogP contribution in [0, 0.1) is 12.8 Å². The standard InChI is InChI=1S/C24H30N2O4S/c1-18-4-2-5-23(16-18)31(28,29)25-21-12-14-26(17-21)13-3-15-30-22-10-8-20(9-11-22)24(27)19-6-7-19/h2,4-5,8-11,16,19,21,25H,3,6-7,12-15,17H2,1H3/t21-/m1/s1. The minimum absolute atomic E-state index is 0.0667. The zero-order valence-corrected chi connectivity index (χ0v) is 18.7. The van der Waals surface area contributed by atoms with Crippen LogP contribution in [-0.2, 0) is 10.0 Å². The fraction of sp³-hybridized carbons (Fsp3) is 0.458. The molecule has 2 aliphatic rings. The number of carbonyl (C=O) groups excluding carboxylic acids is 1. The maximum atomic E-state index is 12.6. The van der Waals surface area contributed by atoms with Crippen molar-refractivity contribution in [3.05, 3.63) is 59.7 Å². The van der Waals surface area contributed by atoms with Gasteiger partial charge in [-0.25, -0.2) is 13.1 Å². The average Bonchev–Trinajstić information content (AvgIpc) is 3.52. The highest BCUT2D eigenvalue weighted by Gasteiger charge is 2.30. The van der Waals surface area contributed by atoms with Crippen LogP contribution in [0.5, 0.6) is 5.75 Å². The first-order valence-electron chi connectivity index (χ1n) is 11.0. The van der Waals surface area contributed by atoms with Crippen LogP contribution < -0.4 is 9.46 Å². The van der Waals surface area contributed by atoms with E-state index in [0.29, 0.717) is 18.0 Å². The summed E-state index contributed by atoms with van der Waals surface area (Å²) >= 11 is 0. The van der Waals surface area contributed by atoms with Gasteiger partial charge in [-0.05, 0) is 81.1 Å². The van der Waals surface area contributed by atoms with Gasteiger partial charge in [0.25, 0.3) is 0 Å². The number of nitrogens with one attached hydrogen (secondary N) is 1. The van der Waals surface area contributed by atoms with Crippen LogP contribution in [-0.4, -0.2) is 51.4 Å². The molecule has 0 spiro atoms. The Labute approximate surface area is 184 Å². The molecule has 0 aromatic heterocycles. The number of ketones is 1. The minimum atomic E-state index is -3.49. The largest absolute Gasteiger partial charge is 0.494 e. The molecule has 1 saturated carbocycles.